The van der Waals surface area contributed by atoms with Gasteiger partial charge in [-0.1, -0.05) is 28.1 Å². The van der Waals surface area contributed by atoms with Gasteiger partial charge in [-0.3, -0.25) is 0 Å². The Morgan fingerprint density at radius 1 is 1.11 bits per heavy atom. The maximum absolute atomic E-state index is 13.4. The number of nitrogens with two attached hydrogens (primary N) is 1. The van der Waals surface area contributed by atoms with Gasteiger partial charge in [0.05, 0.1) is 4.47 Å². The summed E-state index contributed by atoms with van der Waals surface area (Å²) in [4.78, 5) is 0. The Morgan fingerprint density at radius 3 is 2.63 bits per heavy atom. The fourth-order valence-electron chi connectivity index (χ4n) is 1.66. The smallest absolute Gasteiger partial charge is 0.137 e. The molecule has 2 N–H and O–H groups in total. The lowest BCUT2D eigenvalue weighted by atomic mass is 10.2. The summed E-state index contributed by atoms with van der Waals surface area (Å²) in [5, 5.41) is 0. The number of hydrogen-bond donors (Lipinski definition) is 1. The first-order chi connectivity index (χ1) is 9.11. The first-order valence-electron chi connectivity index (χ1n) is 5.66. The standard InChI is InChI=1S/C14H12Br2FNO/c15-11-4-5-13(10(6-11)7-18)19-8-9-2-1-3-12(17)14(9)16/h1-6H,7-8,18H2. The fraction of sp³-hybridized carbons (Fsp3) is 0.143. The van der Waals surface area contributed by atoms with E-state index in [4.69, 9.17) is 10.5 Å². The Morgan fingerprint density at radius 2 is 1.89 bits per heavy atom. The molecule has 2 aromatic carbocycles. The second kappa shape index (κ2) is 6.50. The highest BCUT2D eigenvalue weighted by atomic mass is 79.9. The fourth-order valence-corrected chi connectivity index (χ4v) is 2.45. The van der Waals surface area contributed by atoms with Gasteiger partial charge in [-0.05, 0) is 40.2 Å². The Balaban J connectivity index is 2.17. The van der Waals surface area contributed by atoms with Crippen molar-refractivity contribution < 1.29 is 9.13 Å². The summed E-state index contributed by atoms with van der Waals surface area (Å²) in [6.07, 6.45) is 0. The van der Waals surface area contributed by atoms with E-state index in [1.807, 2.05) is 24.3 Å². The number of halogens is 3. The average molecular weight is 389 g/mol. The summed E-state index contributed by atoms with van der Waals surface area (Å²) in [6, 6.07) is 10.5. The molecule has 5 heteroatoms. The molecule has 0 spiro atoms. The largest absolute Gasteiger partial charge is 0.489 e. The van der Waals surface area contributed by atoms with Crippen molar-refractivity contribution in [2.75, 3.05) is 0 Å². The van der Waals surface area contributed by atoms with Crippen LogP contribution in [-0.2, 0) is 13.2 Å². The van der Waals surface area contributed by atoms with Gasteiger partial charge in [-0.2, -0.15) is 0 Å². The minimum atomic E-state index is -0.295. The van der Waals surface area contributed by atoms with Crippen molar-refractivity contribution in [3.8, 4) is 5.75 Å². The van der Waals surface area contributed by atoms with Crippen LogP contribution < -0.4 is 10.5 Å². The molecule has 0 aromatic heterocycles. The van der Waals surface area contributed by atoms with E-state index in [0.29, 0.717) is 16.8 Å². The van der Waals surface area contributed by atoms with Gasteiger partial charge >= 0.3 is 0 Å². The van der Waals surface area contributed by atoms with E-state index >= 15 is 0 Å². The molecule has 0 radical (unpaired) electrons. The first-order valence-corrected chi connectivity index (χ1v) is 7.24. The SMILES string of the molecule is NCc1cc(Br)ccc1OCc1cccc(F)c1Br. The summed E-state index contributed by atoms with van der Waals surface area (Å²) in [5.74, 6) is 0.415. The number of ether oxygens (including phenoxy) is 1. The molecule has 0 fully saturated rings. The maximum Gasteiger partial charge on any atom is 0.137 e. The van der Waals surface area contributed by atoms with Crippen LogP contribution in [0.3, 0.4) is 0 Å². The van der Waals surface area contributed by atoms with Gasteiger partial charge in [0.1, 0.15) is 18.2 Å². The van der Waals surface area contributed by atoms with E-state index in [1.54, 1.807) is 6.07 Å². The van der Waals surface area contributed by atoms with Crippen LogP contribution in [0, 0.1) is 5.82 Å². The lowest BCUT2D eigenvalue weighted by Gasteiger charge is -2.12. The summed E-state index contributed by atoms with van der Waals surface area (Å²) in [7, 11) is 0. The third-order valence-corrected chi connectivity index (χ3v) is 4.04. The molecule has 0 aliphatic rings. The zero-order chi connectivity index (χ0) is 13.8. The lowest BCUT2D eigenvalue weighted by Crippen LogP contribution is -2.03. The van der Waals surface area contributed by atoms with E-state index < -0.39 is 0 Å². The van der Waals surface area contributed by atoms with Crippen LogP contribution in [0.1, 0.15) is 11.1 Å². The van der Waals surface area contributed by atoms with Crippen LogP contribution in [0.15, 0.2) is 45.3 Å². The highest BCUT2D eigenvalue weighted by Gasteiger charge is 2.08. The van der Waals surface area contributed by atoms with Crippen molar-refractivity contribution in [2.45, 2.75) is 13.2 Å². The van der Waals surface area contributed by atoms with Crippen LogP contribution in [-0.4, -0.2) is 0 Å². The summed E-state index contributed by atoms with van der Waals surface area (Å²) >= 11 is 6.60. The molecule has 0 saturated heterocycles. The van der Waals surface area contributed by atoms with Crippen LogP contribution in [0.5, 0.6) is 5.75 Å². The molecule has 0 saturated carbocycles. The highest BCUT2D eigenvalue weighted by molar-refractivity contribution is 9.10. The van der Waals surface area contributed by atoms with Crippen molar-refractivity contribution in [2.24, 2.45) is 5.73 Å². The normalized spacial score (nSPS) is 10.5. The van der Waals surface area contributed by atoms with Gasteiger partial charge < -0.3 is 10.5 Å². The van der Waals surface area contributed by atoms with Gasteiger partial charge in [0.25, 0.3) is 0 Å². The van der Waals surface area contributed by atoms with Gasteiger partial charge in [-0.25, -0.2) is 4.39 Å². The Hall–Kier alpha value is -0.910. The molecule has 19 heavy (non-hydrogen) atoms. The van der Waals surface area contributed by atoms with Gasteiger partial charge in [0.2, 0.25) is 0 Å². The zero-order valence-corrected chi connectivity index (χ0v) is 13.2. The monoisotopic (exact) mass is 387 g/mol. The van der Waals surface area contributed by atoms with E-state index in [2.05, 4.69) is 31.9 Å². The topological polar surface area (TPSA) is 35.2 Å². The molecular formula is C14H12Br2FNO. The summed E-state index contributed by atoms with van der Waals surface area (Å²) in [6.45, 7) is 0.673. The molecule has 0 bridgehead atoms. The lowest BCUT2D eigenvalue weighted by molar-refractivity contribution is 0.301. The summed E-state index contributed by atoms with van der Waals surface area (Å²) in [5.41, 5.74) is 7.33. The molecule has 100 valence electrons. The Bertz CT molecular complexity index is 590. The molecule has 2 nitrogen and oxygen atoms in total. The highest BCUT2D eigenvalue weighted by Crippen LogP contribution is 2.26. The molecule has 0 heterocycles. The van der Waals surface area contributed by atoms with Crippen LogP contribution in [0.4, 0.5) is 4.39 Å². The third kappa shape index (κ3) is 3.55. The van der Waals surface area contributed by atoms with Crippen molar-refractivity contribution in [1.82, 2.24) is 0 Å². The third-order valence-electron chi connectivity index (χ3n) is 2.66. The summed E-state index contributed by atoms with van der Waals surface area (Å²) < 4.78 is 20.5. The van der Waals surface area contributed by atoms with Gasteiger partial charge in [0, 0.05) is 22.1 Å². The van der Waals surface area contributed by atoms with Crippen LogP contribution in [0.2, 0.25) is 0 Å². The molecule has 0 unspecified atom stereocenters. The molecular weight excluding hydrogens is 377 g/mol. The zero-order valence-electron chi connectivity index (χ0n) is 10.00. The van der Waals surface area contributed by atoms with Crippen molar-refractivity contribution >= 4 is 31.9 Å². The second-order valence-electron chi connectivity index (χ2n) is 3.96. The second-order valence-corrected chi connectivity index (χ2v) is 5.67. The molecule has 2 rings (SSSR count). The first kappa shape index (κ1) is 14.5. The minimum Gasteiger partial charge on any atom is -0.489 e. The molecule has 0 amide bonds. The van der Waals surface area contributed by atoms with Crippen molar-refractivity contribution in [1.29, 1.82) is 0 Å². The van der Waals surface area contributed by atoms with Crippen LogP contribution in [0.25, 0.3) is 0 Å². The van der Waals surface area contributed by atoms with E-state index in [9.17, 15) is 4.39 Å². The molecule has 0 aliphatic carbocycles. The average Bonchev–Trinajstić information content (AvgIpc) is 2.41. The van der Waals surface area contributed by atoms with E-state index in [-0.39, 0.29) is 12.4 Å². The van der Waals surface area contributed by atoms with Gasteiger partial charge in [-0.15, -0.1) is 0 Å². The molecule has 0 atom stereocenters. The molecule has 0 aliphatic heterocycles. The van der Waals surface area contributed by atoms with E-state index in [1.165, 1.54) is 6.07 Å². The number of rotatable bonds is 4. The minimum absolute atomic E-state index is 0.285. The predicted molar refractivity (Wildman–Crippen MR) is 80.5 cm³/mol. The van der Waals surface area contributed by atoms with Crippen molar-refractivity contribution in [3.63, 3.8) is 0 Å². The Labute approximate surface area is 128 Å². The van der Waals surface area contributed by atoms with E-state index in [0.717, 1.165) is 15.6 Å². The predicted octanol–water partition coefficient (Wildman–Crippen LogP) is 4.39. The maximum atomic E-state index is 13.4. The van der Waals surface area contributed by atoms with Gasteiger partial charge in [0.15, 0.2) is 0 Å². The number of hydrogen-bond acceptors (Lipinski definition) is 2. The number of benzene rings is 2. The van der Waals surface area contributed by atoms with Crippen LogP contribution >= 0.6 is 31.9 Å². The molecule has 2 aromatic rings. The van der Waals surface area contributed by atoms with Crippen molar-refractivity contribution in [3.05, 3.63) is 62.3 Å². The quantitative estimate of drug-likeness (QED) is 0.842. The Kier molecular flexibility index (Phi) is 4.96.